The molecule has 1 aliphatic heterocycles. The Morgan fingerprint density at radius 2 is 1.93 bits per heavy atom. The summed E-state index contributed by atoms with van der Waals surface area (Å²) in [6.45, 7) is 2.62. The highest BCUT2D eigenvalue weighted by atomic mass is 16.4. The predicted molar refractivity (Wildman–Crippen MR) is 57.9 cm³/mol. The molecule has 86 valence electrons. The summed E-state index contributed by atoms with van der Waals surface area (Å²) in [7, 11) is 1.91. The van der Waals surface area contributed by atoms with Crippen molar-refractivity contribution in [3.8, 4) is 0 Å². The first kappa shape index (κ1) is 10.9. The van der Waals surface area contributed by atoms with Gasteiger partial charge in [0.25, 0.3) is 0 Å². The van der Waals surface area contributed by atoms with Crippen molar-refractivity contribution < 1.29 is 9.90 Å². The fourth-order valence-electron chi connectivity index (χ4n) is 2.76. The van der Waals surface area contributed by atoms with Crippen molar-refractivity contribution in [1.82, 2.24) is 9.80 Å². The topological polar surface area (TPSA) is 43.8 Å². The first-order valence-electron chi connectivity index (χ1n) is 5.85. The third-order valence-corrected chi connectivity index (χ3v) is 3.81. The smallest absolute Gasteiger partial charge is 0.322 e. The Morgan fingerprint density at radius 1 is 1.27 bits per heavy atom. The third kappa shape index (κ3) is 2.32. The van der Waals surface area contributed by atoms with Gasteiger partial charge < -0.3 is 5.11 Å². The van der Waals surface area contributed by atoms with Crippen molar-refractivity contribution in [2.75, 3.05) is 26.7 Å². The van der Waals surface area contributed by atoms with E-state index in [-0.39, 0.29) is 6.04 Å². The van der Waals surface area contributed by atoms with E-state index in [2.05, 4.69) is 4.90 Å². The minimum absolute atomic E-state index is 0.306. The summed E-state index contributed by atoms with van der Waals surface area (Å²) in [5, 5.41) is 9.10. The molecule has 4 heteroatoms. The Labute approximate surface area is 90.9 Å². The molecule has 1 N–H and O–H groups in total. The number of carbonyl (C=O) groups is 1. The lowest BCUT2D eigenvalue weighted by molar-refractivity contribution is -0.145. The molecule has 0 radical (unpaired) electrons. The highest BCUT2D eigenvalue weighted by Gasteiger charge is 2.33. The number of hydrogen-bond donors (Lipinski definition) is 1. The van der Waals surface area contributed by atoms with E-state index < -0.39 is 5.97 Å². The summed E-state index contributed by atoms with van der Waals surface area (Å²) < 4.78 is 0. The highest BCUT2D eigenvalue weighted by Crippen LogP contribution is 2.25. The fraction of sp³-hybridized carbons (Fsp3) is 0.909. The van der Waals surface area contributed by atoms with Crippen molar-refractivity contribution in [3.63, 3.8) is 0 Å². The molecule has 2 fully saturated rings. The second-order valence-corrected chi connectivity index (χ2v) is 4.77. The zero-order chi connectivity index (χ0) is 10.8. The summed E-state index contributed by atoms with van der Waals surface area (Å²) in [5.41, 5.74) is 0. The van der Waals surface area contributed by atoms with Gasteiger partial charge in [0.1, 0.15) is 6.04 Å². The van der Waals surface area contributed by atoms with Crippen LogP contribution in [0.5, 0.6) is 0 Å². The highest BCUT2D eigenvalue weighted by molar-refractivity contribution is 5.73. The van der Waals surface area contributed by atoms with Gasteiger partial charge in [-0.15, -0.1) is 0 Å². The molecule has 1 unspecified atom stereocenters. The maximum absolute atomic E-state index is 11.1. The number of hydrogen-bond acceptors (Lipinski definition) is 3. The van der Waals surface area contributed by atoms with Crippen molar-refractivity contribution in [2.45, 2.75) is 37.8 Å². The molecule has 1 saturated heterocycles. The lowest BCUT2D eigenvalue weighted by Gasteiger charge is -2.40. The SMILES string of the molecule is CN1CCN(C2CCCC2)CC1C(=O)O. The Hall–Kier alpha value is -0.610. The lowest BCUT2D eigenvalue weighted by atomic mass is 10.1. The second kappa shape index (κ2) is 4.49. The molecule has 15 heavy (non-hydrogen) atoms. The molecule has 0 aromatic heterocycles. The quantitative estimate of drug-likeness (QED) is 0.729. The molecule has 1 heterocycles. The van der Waals surface area contributed by atoms with E-state index >= 15 is 0 Å². The number of likely N-dealkylation sites (N-methyl/N-ethyl adjacent to an activating group) is 1. The van der Waals surface area contributed by atoms with E-state index in [1.165, 1.54) is 25.7 Å². The number of nitrogens with zero attached hydrogens (tertiary/aromatic N) is 2. The molecule has 0 aromatic carbocycles. The van der Waals surface area contributed by atoms with Gasteiger partial charge in [-0.3, -0.25) is 14.6 Å². The lowest BCUT2D eigenvalue weighted by Crippen LogP contribution is -2.56. The van der Waals surface area contributed by atoms with Gasteiger partial charge in [-0.25, -0.2) is 0 Å². The third-order valence-electron chi connectivity index (χ3n) is 3.81. The number of aliphatic carboxylic acids is 1. The Balaban J connectivity index is 1.95. The van der Waals surface area contributed by atoms with E-state index in [0.717, 1.165) is 13.1 Å². The van der Waals surface area contributed by atoms with Gasteiger partial charge >= 0.3 is 5.97 Å². The van der Waals surface area contributed by atoms with Crippen LogP contribution < -0.4 is 0 Å². The normalized spacial score (nSPS) is 30.9. The second-order valence-electron chi connectivity index (χ2n) is 4.77. The molecule has 1 aliphatic carbocycles. The van der Waals surface area contributed by atoms with Gasteiger partial charge in [-0.05, 0) is 19.9 Å². The molecule has 0 amide bonds. The van der Waals surface area contributed by atoms with Crippen molar-refractivity contribution >= 4 is 5.97 Å². The predicted octanol–water partition coefficient (Wildman–Crippen LogP) is 0.630. The van der Waals surface area contributed by atoms with Crippen LogP contribution in [0, 0.1) is 0 Å². The minimum Gasteiger partial charge on any atom is -0.480 e. The van der Waals surface area contributed by atoms with Crippen molar-refractivity contribution in [1.29, 1.82) is 0 Å². The van der Waals surface area contributed by atoms with Crippen LogP contribution in [0.15, 0.2) is 0 Å². The largest absolute Gasteiger partial charge is 0.480 e. The molecule has 2 rings (SSSR count). The molecule has 0 spiro atoms. The summed E-state index contributed by atoms with van der Waals surface area (Å²) in [5.74, 6) is -0.680. The van der Waals surface area contributed by atoms with Gasteiger partial charge in [0.05, 0.1) is 0 Å². The van der Waals surface area contributed by atoms with Crippen LogP contribution in [0.4, 0.5) is 0 Å². The van der Waals surface area contributed by atoms with Gasteiger partial charge in [0, 0.05) is 25.7 Å². The molecule has 0 aromatic rings. The van der Waals surface area contributed by atoms with Crippen LogP contribution in [0.25, 0.3) is 0 Å². The first-order valence-corrected chi connectivity index (χ1v) is 5.85. The van der Waals surface area contributed by atoms with Crippen molar-refractivity contribution in [3.05, 3.63) is 0 Å². The van der Waals surface area contributed by atoms with Crippen molar-refractivity contribution in [2.24, 2.45) is 0 Å². The molecule has 1 saturated carbocycles. The van der Waals surface area contributed by atoms with E-state index in [9.17, 15) is 4.79 Å². The van der Waals surface area contributed by atoms with Gasteiger partial charge in [-0.1, -0.05) is 12.8 Å². The van der Waals surface area contributed by atoms with Crippen LogP contribution in [0.3, 0.4) is 0 Å². The Kier molecular flexibility index (Phi) is 3.26. The molecule has 0 bridgehead atoms. The van der Waals surface area contributed by atoms with Crippen LogP contribution >= 0.6 is 0 Å². The molecular weight excluding hydrogens is 192 g/mol. The van der Waals surface area contributed by atoms with Crippen LogP contribution in [-0.4, -0.2) is 59.6 Å². The van der Waals surface area contributed by atoms with E-state index in [0.29, 0.717) is 12.6 Å². The molecule has 2 aliphatic rings. The summed E-state index contributed by atoms with van der Waals surface area (Å²) in [6.07, 6.45) is 5.15. The zero-order valence-electron chi connectivity index (χ0n) is 9.35. The summed E-state index contributed by atoms with van der Waals surface area (Å²) in [4.78, 5) is 15.4. The minimum atomic E-state index is -0.680. The maximum Gasteiger partial charge on any atom is 0.322 e. The average Bonchev–Trinajstić information content (AvgIpc) is 2.71. The molecular formula is C11H20N2O2. The fourth-order valence-corrected chi connectivity index (χ4v) is 2.76. The summed E-state index contributed by atoms with van der Waals surface area (Å²) in [6, 6.07) is 0.347. The number of piperazine rings is 1. The standard InChI is InChI=1S/C11H20N2O2/c1-12-6-7-13(8-10(12)11(14)15)9-4-2-3-5-9/h9-10H,2-8H2,1H3,(H,14,15). The average molecular weight is 212 g/mol. The van der Waals surface area contributed by atoms with Gasteiger partial charge in [-0.2, -0.15) is 0 Å². The van der Waals surface area contributed by atoms with E-state index in [1.54, 1.807) is 0 Å². The van der Waals surface area contributed by atoms with Crippen LogP contribution in [0.1, 0.15) is 25.7 Å². The first-order chi connectivity index (χ1) is 7.18. The summed E-state index contributed by atoms with van der Waals surface area (Å²) >= 11 is 0. The number of carboxylic acids is 1. The maximum atomic E-state index is 11.1. The molecule has 1 atom stereocenters. The van der Waals surface area contributed by atoms with Gasteiger partial charge in [0.15, 0.2) is 0 Å². The zero-order valence-corrected chi connectivity index (χ0v) is 9.35. The number of rotatable bonds is 2. The Bertz CT molecular complexity index is 239. The van der Waals surface area contributed by atoms with E-state index in [1.807, 2.05) is 11.9 Å². The monoisotopic (exact) mass is 212 g/mol. The number of carboxylic acid groups (broad SMARTS) is 1. The van der Waals surface area contributed by atoms with E-state index in [4.69, 9.17) is 5.11 Å². The van der Waals surface area contributed by atoms with Gasteiger partial charge in [0.2, 0.25) is 0 Å². The molecule has 4 nitrogen and oxygen atoms in total. The van der Waals surface area contributed by atoms with Crippen LogP contribution in [-0.2, 0) is 4.79 Å². The Morgan fingerprint density at radius 3 is 2.53 bits per heavy atom. The van der Waals surface area contributed by atoms with Crippen LogP contribution in [0.2, 0.25) is 0 Å².